The van der Waals surface area contributed by atoms with Crippen LogP contribution in [0.3, 0.4) is 0 Å². The number of benzene rings is 9. The van der Waals surface area contributed by atoms with E-state index in [4.69, 9.17) is 14.4 Å². The van der Waals surface area contributed by atoms with Crippen LogP contribution in [-0.2, 0) is 0 Å². The fourth-order valence-corrected chi connectivity index (χ4v) is 11.0. The van der Waals surface area contributed by atoms with Crippen LogP contribution in [0.2, 0.25) is 0 Å². The Hall–Kier alpha value is -8.92. The van der Waals surface area contributed by atoms with E-state index in [2.05, 4.69) is 170 Å². The maximum absolute atomic E-state index is 9.23. The van der Waals surface area contributed by atoms with Crippen molar-refractivity contribution in [3.05, 3.63) is 230 Å². The summed E-state index contributed by atoms with van der Waals surface area (Å²) < 4.78 is 34.2. The molecule has 68 heavy (non-hydrogen) atoms. The van der Waals surface area contributed by atoms with Crippen LogP contribution in [0, 0.1) is 6.85 Å². The average Bonchev–Trinajstić information content (AvgIpc) is 3.81. The fraction of sp³-hybridized carbons (Fsp3) is 0.0154. The van der Waals surface area contributed by atoms with E-state index in [9.17, 15) is 4.11 Å². The molecule has 2 aliphatic carbocycles. The molecule has 0 unspecified atom stereocenters. The van der Waals surface area contributed by atoms with E-state index in [1.165, 1.54) is 0 Å². The highest BCUT2D eigenvalue weighted by Gasteiger charge is 2.26. The number of pyridine rings is 2. The smallest absolute Gasteiger partial charge is 0.143 e. The molecule has 2 aliphatic rings. The van der Waals surface area contributed by atoms with E-state index >= 15 is 0 Å². The summed E-state index contributed by atoms with van der Waals surface area (Å²) in [5.74, 6) is 0. The molecule has 0 aliphatic heterocycles. The Labute approximate surface area is 398 Å². The van der Waals surface area contributed by atoms with Gasteiger partial charge in [0, 0.05) is 44.0 Å². The van der Waals surface area contributed by atoms with E-state index in [1.807, 2.05) is 54.9 Å². The Morgan fingerprint density at radius 1 is 0.309 bits per heavy atom. The molecular weight excluding hydrogens is 825 g/mol. The zero-order valence-corrected chi connectivity index (χ0v) is 36.7. The third-order valence-electron chi connectivity index (χ3n) is 14.1. The predicted molar refractivity (Wildman–Crippen MR) is 281 cm³/mol. The first kappa shape index (κ1) is 35.4. The molecule has 9 aromatic carbocycles. The summed E-state index contributed by atoms with van der Waals surface area (Å²) in [4.78, 5) is 9.80. The van der Waals surface area contributed by atoms with Crippen LogP contribution in [0.1, 0.15) is 9.68 Å². The average molecular weight is 868 g/mol. The SMILES string of the molecule is [2H]C([2H])([2H])c1c(-c2ccc3c(c2)-c2ccccc2-c2ccccc2-c2cc(-c4cccc5c4oc4ccccc45)ccc2-3)cccc1-c1ccc2c(c1)-c1cccnc1-c1ncccc1-c1ccccc1-2. The van der Waals surface area contributed by atoms with E-state index in [0.717, 1.165) is 133 Å². The molecule has 0 radical (unpaired) electrons. The quantitative estimate of drug-likeness (QED) is 0.178. The lowest BCUT2D eigenvalue weighted by atomic mass is 9.79. The highest BCUT2D eigenvalue weighted by atomic mass is 16.3. The molecule has 316 valence electrons. The predicted octanol–water partition coefficient (Wildman–Crippen LogP) is 17.6. The van der Waals surface area contributed by atoms with Gasteiger partial charge in [0.05, 0.1) is 11.4 Å². The first-order chi connectivity index (χ1) is 34.9. The van der Waals surface area contributed by atoms with Crippen molar-refractivity contribution in [2.45, 2.75) is 6.85 Å². The molecule has 0 spiro atoms. The van der Waals surface area contributed by atoms with Crippen molar-refractivity contribution in [1.82, 2.24) is 9.97 Å². The molecule has 3 heteroatoms. The van der Waals surface area contributed by atoms with Crippen molar-refractivity contribution in [3.8, 4) is 123 Å². The lowest BCUT2D eigenvalue weighted by molar-refractivity contribution is 0.670. The molecule has 3 aromatic heterocycles. The second-order valence-electron chi connectivity index (χ2n) is 17.7. The number of hydrogen-bond donors (Lipinski definition) is 0. The third kappa shape index (κ3) is 5.79. The second kappa shape index (κ2) is 15.1. The number of fused-ring (bicyclic) bond motifs is 19. The standard InChI is InChI=1S/C65H40N2O/c1-39-43(21-10-22-44(39)41-28-31-52-48-16-2-5-17-49(48)56-25-12-34-66-63(56)64-57(61(52)37-41)26-13-35-67-64)40-29-32-53-54-33-30-42(45-23-11-24-58-55-20-8-9-27-62(55)68-65(45)58)38-60(54)51-19-7-4-15-47(51)46-14-3-6-18-50(46)59(53)36-40/h2-38H,1H3/i1D3. The normalized spacial score (nSPS) is 12.7. The molecule has 14 rings (SSSR count). The number of para-hydroxylation sites is 2. The molecular formula is C65H40N2O. The van der Waals surface area contributed by atoms with Gasteiger partial charge in [0.2, 0.25) is 0 Å². The molecule has 0 amide bonds. The minimum atomic E-state index is -2.46. The largest absolute Gasteiger partial charge is 0.455 e. The van der Waals surface area contributed by atoms with Crippen LogP contribution >= 0.6 is 0 Å². The summed E-state index contributed by atoms with van der Waals surface area (Å²) in [5.41, 5.74) is 23.5. The Kier molecular flexibility index (Phi) is 7.83. The number of furan rings is 1. The molecule has 0 fully saturated rings. The lowest BCUT2D eigenvalue weighted by Gasteiger charge is -2.24. The molecule has 3 nitrogen and oxygen atoms in total. The molecule has 0 saturated heterocycles. The Balaban J connectivity index is 0.960. The minimum Gasteiger partial charge on any atom is -0.455 e. The number of nitrogens with zero attached hydrogens (tertiary/aromatic N) is 2. The first-order valence-corrected chi connectivity index (χ1v) is 23.0. The van der Waals surface area contributed by atoms with Gasteiger partial charge in [0.15, 0.2) is 0 Å². The van der Waals surface area contributed by atoms with Crippen LogP contribution in [0.15, 0.2) is 229 Å². The summed E-state index contributed by atoms with van der Waals surface area (Å²) in [5, 5.41) is 2.19. The van der Waals surface area contributed by atoms with Gasteiger partial charge < -0.3 is 4.42 Å². The minimum absolute atomic E-state index is 0.304. The van der Waals surface area contributed by atoms with Crippen molar-refractivity contribution < 1.29 is 8.53 Å². The molecule has 0 saturated carbocycles. The number of hydrogen-bond acceptors (Lipinski definition) is 3. The van der Waals surface area contributed by atoms with Gasteiger partial charge in [0.1, 0.15) is 11.2 Å². The van der Waals surface area contributed by atoms with Gasteiger partial charge in [-0.05, 0) is 143 Å². The number of aromatic nitrogens is 2. The lowest BCUT2D eigenvalue weighted by Crippen LogP contribution is -2.00. The fourth-order valence-electron chi connectivity index (χ4n) is 11.0. The Morgan fingerprint density at radius 2 is 0.676 bits per heavy atom. The summed E-state index contributed by atoms with van der Waals surface area (Å²) in [6, 6.07) is 73.8. The van der Waals surface area contributed by atoms with E-state index in [0.29, 0.717) is 16.7 Å². The first-order valence-electron chi connectivity index (χ1n) is 24.5. The monoisotopic (exact) mass is 867 g/mol. The van der Waals surface area contributed by atoms with Crippen LogP contribution in [0.5, 0.6) is 0 Å². The van der Waals surface area contributed by atoms with Gasteiger partial charge >= 0.3 is 0 Å². The summed E-state index contributed by atoms with van der Waals surface area (Å²) in [6.45, 7) is -2.46. The molecule has 0 N–H and O–H groups in total. The summed E-state index contributed by atoms with van der Waals surface area (Å²) >= 11 is 0. The van der Waals surface area contributed by atoms with Crippen molar-refractivity contribution >= 4 is 21.9 Å². The molecule has 12 aromatic rings. The second-order valence-corrected chi connectivity index (χ2v) is 17.7. The maximum atomic E-state index is 9.23. The van der Waals surface area contributed by atoms with Crippen LogP contribution in [-0.4, -0.2) is 9.97 Å². The van der Waals surface area contributed by atoms with Gasteiger partial charge in [-0.1, -0.05) is 176 Å². The van der Waals surface area contributed by atoms with E-state index < -0.39 is 6.85 Å². The van der Waals surface area contributed by atoms with Gasteiger partial charge in [-0.2, -0.15) is 0 Å². The Bertz CT molecular complexity index is 4180. The van der Waals surface area contributed by atoms with E-state index in [-0.39, 0.29) is 0 Å². The summed E-state index contributed by atoms with van der Waals surface area (Å²) in [6.07, 6.45) is 3.62. The van der Waals surface area contributed by atoms with Crippen molar-refractivity contribution in [2.24, 2.45) is 0 Å². The molecule has 3 heterocycles. The van der Waals surface area contributed by atoms with Crippen LogP contribution < -0.4 is 0 Å². The van der Waals surface area contributed by atoms with Crippen molar-refractivity contribution in [3.63, 3.8) is 0 Å². The van der Waals surface area contributed by atoms with E-state index in [1.54, 1.807) is 0 Å². The highest BCUT2D eigenvalue weighted by Crippen LogP contribution is 2.51. The maximum Gasteiger partial charge on any atom is 0.143 e. The highest BCUT2D eigenvalue weighted by molar-refractivity contribution is 6.11. The van der Waals surface area contributed by atoms with Crippen LogP contribution in [0.4, 0.5) is 0 Å². The number of rotatable bonds is 3. The molecule has 0 bridgehead atoms. The Morgan fingerprint density at radius 3 is 1.22 bits per heavy atom. The molecule has 0 atom stereocenters. The zero-order chi connectivity index (χ0) is 47.4. The van der Waals surface area contributed by atoms with Gasteiger partial charge in [-0.3, -0.25) is 9.97 Å². The zero-order valence-electron chi connectivity index (χ0n) is 39.7. The van der Waals surface area contributed by atoms with Gasteiger partial charge in [0.25, 0.3) is 0 Å². The van der Waals surface area contributed by atoms with Gasteiger partial charge in [-0.25, -0.2) is 0 Å². The topological polar surface area (TPSA) is 38.9 Å². The van der Waals surface area contributed by atoms with Crippen molar-refractivity contribution in [2.75, 3.05) is 0 Å². The third-order valence-corrected chi connectivity index (χ3v) is 14.1. The summed E-state index contributed by atoms with van der Waals surface area (Å²) in [7, 11) is 0. The van der Waals surface area contributed by atoms with Gasteiger partial charge in [-0.15, -0.1) is 0 Å². The van der Waals surface area contributed by atoms with Crippen LogP contribution in [0.25, 0.3) is 145 Å². The van der Waals surface area contributed by atoms with Crippen molar-refractivity contribution in [1.29, 1.82) is 0 Å².